The number of esters is 1. The van der Waals surface area contributed by atoms with E-state index in [0.717, 1.165) is 23.6 Å². The van der Waals surface area contributed by atoms with E-state index in [0.29, 0.717) is 11.6 Å². The van der Waals surface area contributed by atoms with Gasteiger partial charge in [0.2, 0.25) is 10.0 Å². The van der Waals surface area contributed by atoms with E-state index in [4.69, 9.17) is 16.3 Å². The molecule has 0 aliphatic carbocycles. The Morgan fingerprint density at radius 1 is 1.20 bits per heavy atom. The van der Waals surface area contributed by atoms with E-state index in [1.807, 2.05) is 0 Å². The molecule has 0 heterocycles. The van der Waals surface area contributed by atoms with E-state index >= 15 is 0 Å². The largest absolute Gasteiger partial charge is 0.455 e. The first-order chi connectivity index (χ1) is 11.8. The Kier molecular flexibility index (Phi) is 8.88. The number of hydrogen-bond acceptors (Lipinski definition) is 5. The highest BCUT2D eigenvalue weighted by Gasteiger charge is 2.23. The lowest BCUT2D eigenvalue weighted by Gasteiger charge is -2.16. The third-order valence-electron chi connectivity index (χ3n) is 3.34. The molecule has 7 nitrogen and oxygen atoms in total. The van der Waals surface area contributed by atoms with Crippen LogP contribution in [0.3, 0.4) is 0 Å². The van der Waals surface area contributed by atoms with Gasteiger partial charge in [0, 0.05) is 18.6 Å². The molecule has 140 valence electrons. The van der Waals surface area contributed by atoms with E-state index in [2.05, 4.69) is 12.2 Å². The van der Waals surface area contributed by atoms with Crippen LogP contribution in [0.4, 0.5) is 0 Å². The number of rotatable bonds is 10. The Bertz CT molecular complexity index is 676. The standard InChI is InChI=1S/C16H23ClN2O5S/c1-3-4-5-10-18-15(20)12-24-16(21)11-19(2)25(22,23)14-8-6-13(17)7-9-14/h6-9H,3-5,10-12H2,1-2H3,(H,18,20). The molecule has 0 spiro atoms. The molecule has 0 bridgehead atoms. The molecule has 0 aliphatic heterocycles. The van der Waals surface area contributed by atoms with Crippen molar-refractivity contribution < 1.29 is 22.7 Å². The minimum absolute atomic E-state index is 0.0147. The number of unbranched alkanes of at least 4 members (excludes halogenated alkanes) is 2. The van der Waals surface area contributed by atoms with Crippen molar-refractivity contribution in [3.05, 3.63) is 29.3 Å². The van der Waals surface area contributed by atoms with Gasteiger partial charge in [-0.2, -0.15) is 4.31 Å². The van der Waals surface area contributed by atoms with E-state index < -0.39 is 35.1 Å². The Hall–Kier alpha value is -1.64. The smallest absolute Gasteiger partial charge is 0.321 e. The van der Waals surface area contributed by atoms with Crippen LogP contribution in [-0.4, -0.2) is 51.3 Å². The monoisotopic (exact) mass is 390 g/mol. The highest BCUT2D eigenvalue weighted by molar-refractivity contribution is 7.89. The lowest BCUT2D eigenvalue weighted by Crippen LogP contribution is -2.35. The maximum atomic E-state index is 12.3. The first-order valence-electron chi connectivity index (χ1n) is 7.91. The number of carbonyl (C=O) groups is 2. The Morgan fingerprint density at radius 2 is 1.84 bits per heavy atom. The van der Waals surface area contributed by atoms with Gasteiger partial charge in [-0.25, -0.2) is 8.42 Å². The van der Waals surface area contributed by atoms with E-state index in [1.165, 1.54) is 31.3 Å². The molecule has 25 heavy (non-hydrogen) atoms. The molecular weight excluding hydrogens is 368 g/mol. The van der Waals surface area contributed by atoms with Gasteiger partial charge in [-0.1, -0.05) is 31.4 Å². The van der Waals surface area contributed by atoms with Crippen LogP contribution in [0.1, 0.15) is 26.2 Å². The Labute approximate surface area is 153 Å². The molecule has 1 N–H and O–H groups in total. The SMILES string of the molecule is CCCCCNC(=O)COC(=O)CN(C)S(=O)(=O)c1ccc(Cl)cc1. The molecule has 0 fully saturated rings. The van der Waals surface area contributed by atoms with Gasteiger partial charge in [0.05, 0.1) is 4.90 Å². The summed E-state index contributed by atoms with van der Waals surface area (Å²) in [6.45, 7) is 1.65. The van der Waals surface area contributed by atoms with Gasteiger partial charge in [0.15, 0.2) is 6.61 Å². The van der Waals surface area contributed by atoms with Crippen molar-refractivity contribution in [2.75, 3.05) is 26.7 Å². The summed E-state index contributed by atoms with van der Waals surface area (Å²) in [6.07, 6.45) is 2.91. The van der Waals surface area contributed by atoms with Crippen molar-refractivity contribution in [2.45, 2.75) is 31.1 Å². The van der Waals surface area contributed by atoms with Gasteiger partial charge in [0.25, 0.3) is 5.91 Å². The Morgan fingerprint density at radius 3 is 2.44 bits per heavy atom. The third-order valence-corrected chi connectivity index (χ3v) is 5.41. The highest BCUT2D eigenvalue weighted by Crippen LogP contribution is 2.17. The number of nitrogens with one attached hydrogen (secondary N) is 1. The first kappa shape index (κ1) is 21.4. The second-order valence-corrected chi connectivity index (χ2v) is 7.91. The van der Waals surface area contributed by atoms with Crippen LogP contribution >= 0.6 is 11.6 Å². The second kappa shape index (κ2) is 10.4. The molecule has 0 aromatic heterocycles. The molecule has 0 saturated heterocycles. The molecule has 0 atom stereocenters. The van der Waals surface area contributed by atoms with E-state index in [9.17, 15) is 18.0 Å². The molecule has 1 rings (SSSR count). The molecule has 0 radical (unpaired) electrons. The fourth-order valence-electron chi connectivity index (χ4n) is 1.90. The predicted molar refractivity (Wildman–Crippen MR) is 94.8 cm³/mol. The molecule has 9 heteroatoms. The van der Waals surface area contributed by atoms with Crippen LogP contribution in [0.15, 0.2) is 29.2 Å². The molecule has 1 aromatic rings. The van der Waals surface area contributed by atoms with Crippen molar-refractivity contribution in [3.8, 4) is 0 Å². The van der Waals surface area contributed by atoms with Crippen molar-refractivity contribution in [1.82, 2.24) is 9.62 Å². The fraction of sp³-hybridized carbons (Fsp3) is 0.500. The average molecular weight is 391 g/mol. The summed E-state index contributed by atoms with van der Waals surface area (Å²) in [5.41, 5.74) is 0. The number of carbonyl (C=O) groups excluding carboxylic acids is 2. The lowest BCUT2D eigenvalue weighted by molar-refractivity contribution is -0.148. The quantitative estimate of drug-likeness (QED) is 0.485. The zero-order valence-corrected chi connectivity index (χ0v) is 15.9. The number of hydrogen-bond donors (Lipinski definition) is 1. The Balaban J connectivity index is 2.45. The maximum absolute atomic E-state index is 12.3. The zero-order chi connectivity index (χ0) is 18.9. The van der Waals surface area contributed by atoms with E-state index in [-0.39, 0.29) is 4.90 Å². The summed E-state index contributed by atoms with van der Waals surface area (Å²) in [5.74, 6) is -1.21. The molecule has 1 aromatic carbocycles. The van der Waals surface area contributed by atoms with Crippen LogP contribution in [0.2, 0.25) is 5.02 Å². The summed E-state index contributed by atoms with van der Waals surface area (Å²) in [7, 11) is -2.58. The maximum Gasteiger partial charge on any atom is 0.321 e. The topological polar surface area (TPSA) is 92.8 Å². The van der Waals surface area contributed by atoms with Crippen LogP contribution in [0.5, 0.6) is 0 Å². The number of likely N-dealkylation sites (N-methyl/N-ethyl adjacent to an activating group) is 1. The average Bonchev–Trinajstić information content (AvgIpc) is 2.57. The summed E-state index contributed by atoms with van der Waals surface area (Å²) in [4.78, 5) is 23.3. The normalized spacial score (nSPS) is 11.4. The fourth-order valence-corrected chi connectivity index (χ4v) is 3.14. The minimum atomic E-state index is -3.84. The van der Waals surface area contributed by atoms with Crippen LogP contribution < -0.4 is 5.32 Å². The summed E-state index contributed by atoms with van der Waals surface area (Å²) in [6, 6.07) is 5.60. The van der Waals surface area contributed by atoms with E-state index in [1.54, 1.807) is 0 Å². The summed E-state index contributed by atoms with van der Waals surface area (Å²) >= 11 is 5.73. The lowest BCUT2D eigenvalue weighted by atomic mass is 10.2. The minimum Gasteiger partial charge on any atom is -0.455 e. The van der Waals surface area contributed by atoms with Crippen molar-refractivity contribution in [3.63, 3.8) is 0 Å². The van der Waals surface area contributed by atoms with Crippen molar-refractivity contribution >= 4 is 33.5 Å². The molecule has 1 amide bonds. The zero-order valence-electron chi connectivity index (χ0n) is 14.3. The van der Waals surface area contributed by atoms with Crippen molar-refractivity contribution in [2.24, 2.45) is 0 Å². The van der Waals surface area contributed by atoms with Crippen LogP contribution in [-0.2, 0) is 24.3 Å². The highest BCUT2D eigenvalue weighted by atomic mass is 35.5. The molecular formula is C16H23ClN2O5S. The van der Waals surface area contributed by atoms with Gasteiger partial charge in [-0.3, -0.25) is 9.59 Å². The molecule has 0 unspecified atom stereocenters. The number of halogens is 1. The first-order valence-corrected chi connectivity index (χ1v) is 9.73. The third kappa shape index (κ3) is 7.41. The summed E-state index contributed by atoms with van der Waals surface area (Å²) < 4.78 is 30.3. The number of amides is 1. The second-order valence-electron chi connectivity index (χ2n) is 5.43. The predicted octanol–water partition coefficient (Wildman–Crippen LogP) is 1.81. The van der Waals surface area contributed by atoms with Gasteiger partial charge < -0.3 is 10.1 Å². The van der Waals surface area contributed by atoms with Crippen LogP contribution in [0, 0.1) is 0 Å². The number of nitrogens with zero attached hydrogens (tertiary/aromatic N) is 1. The van der Waals surface area contributed by atoms with Gasteiger partial charge in [0.1, 0.15) is 6.54 Å². The van der Waals surface area contributed by atoms with Gasteiger partial charge >= 0.3 is 5.97 Å². The molecule has 0 saturated carbocycles. The number of benzene rings is 1. The van der Waals surface area contributed by atoms with Gasteiger partial charge in [-0.05, 0) is 30.7 Å². The van der Waals surface area contributed by atoms with Crippen LogP contribution in [0.25, 0.3) is 0 Å². The summed E-state index contributed by atoms with van der Waals surface area (Å²) in [5, 5.41) is 3.04. The number of ether oxygens (including phenoxy) is 1. The van der Waals surface area contributed by atoms with Gasteiger partial charge in [-0.15, -0.1) is 0 Å². The molecule has 0 aliphatic rings. The number of sulfonamides is 1. The van der Waals surface area contributed by atoms with Crippen molar-refractivity contribution in [1.29, 1.82) is 0 Å².